The minimum Gasteiger partial charge on any atom is -0.367 e. The summed E-state index contributed by atoms with van der Waals surface area (Å²) >= 11 is 0. The van der Waals surface area contributed by atoms with Gasteiger partial charge in [0.15, 0.2) is 0 Å². The Morgan fingerprint density at radius 2 is 1.67 bits per heavy atom. The minimum atomic E-state index is -0.510. The second kappa shape index (κ2) is 7.08. The molecule has 1 heterocycles. The van der Waals surface area contributed by atoms with Crippen LogP contribution >= 0.6 is 0 Å². The maximum absolute atomic E-state index is 13.8. The normalized spacial score (nSPS) is 14.2. The van der Waals surface area contributed by atoms with E-state index < -0.39 is 5.82 Å². The lowest BCUT2D eigenvalue weighted by Gasteiger charge is -2.36. The third-order valence-electron chi connectivity index (χ3n) is 5.01. The van der Waals surface area contributed by atoms with E-state index in [1.54, 1.807) is 12.1 Å². The van der Waals surface area contributed by atoms with E-state index in [9.17, 15) is 14.4 Å². The first-order valence-electron chi connectivity index (χ1n) is 8.89. The molecule has 27 heavy (non-hydrogen) atoms. The SMILES string of the molecule is N#Cc1c(F)cccc1N1CCN(C(=O)c2ccc3ccccc3c2)CC1. The number of halogens is 1. The third kappa shape index (κ3) is 3.22. The molecule has 0 bridgehead atoms. The summed E-state index contributed by atoms with van der Waals surface area (Å²) in [6, 6.07) is 20.3. The molecule has 1 aliphatic rings. The van der Waals surface area contributed by atoms with Gasteiger partial charge in [0.25, 0.3) is 5.91 Å². The summed E-state index contributed by atoms with van der Waals surface area (Å²) in [5.74, 6) is -0.509. The fourth-order valence-electron chi connectivity index (χ4n) is 3.54. The molecule has 0 N–H and O–H groups in total. The molecule has 0 atom stereocenters. The smallest absolute Gasteiger partial charge is 0.253 e. The lowest BCUT2D eigenvalue weighted by Crippen LogP contribution is -2.49. The summed E-state index contributed by atoms with van der Waals surface area (Å²) in [5.41, 5.74) is 1.33. The summed E-state index contributed by atoms with van der Waals surface area (Å²) in [5, 5.41) is 11.4. The molecule has 3 aromatic carbocycles. The summed E-state index contributed by atoms with van der Waals surface area (Å²) in [4.78, 5) is 16.6. The van der Waals surface area contributed by atoms with E-state index in [1.165, 1.54) is 6.07 Å². The summed E-state index contributed by atoms with van der Waals surface area (Å²) in [7, 11) is 0. The van der Waals surface area contributed by atoms with Gasteiger partial charge in [-0.15, -0.1) is 0 Å². The quantitative estimate of drug-likeness (QED) is 0.699. The molecule has 4 nitrogen and oxygen atoms in total. The Morgan fingerprint density at radius 1 is 0.926 bits per heavy atom. The van der Waals surface area contributed by atoms with Gasteiger partial charge in [0.1, 0.15) is 17.4 Å². The number of carbonyl (C=O) groups excluding carboxylic acids is 1. The number of nitriles is 1. The fraction of sp³-hybridized carbons (Fsp3) is 0.182. The molecule has 0 unspecified atom stereocenters. The van der Waals surface area contributed by atoms with Crippen molar-refractivity contribution >= 4 is 22.4 Å². The van der Waals surface area contributed by atoms with Crippen molar-refractivity contribution in [1.29, 1.82) is 5.26 Å². The number of rotatable bonds is 2. The van der Waals surface area contributed by atoms with Gasteiger partial charge in [0, 0.05) is 31.7 Å². The van der Waals surface area contributed by atoms with Gasteiger partial charge < -0.3 is 9.80 Å². The van der Waals surface area contributed by atoms with Gasteiger partial charge in [-0.2, -0.15) is 5.26 Å². The van der Waals surface area contributed by atoms with E-state index in [4.69, 9.17) is 0 Å². The fourth-order valence-corrected chi connectivity index (χ4v) is 3.54. The first kappa shape index (κ1) is 17.0. The van der Waals surface area contributed by atoms with Crippen LogP contribution in [-0.2, 0) is 0 Å². The first-order chi connectivity index (χ1) is 13.2. The molecule has 5 heteroatoms. The molecular formula is C22H18FN3O. The lowest BCUT2D eigenvalue weighted by atomic mass is 10.1. The first-order valence-corrected chi connectivity index (χ1v) is 8.89. The van der Waals surface area contributed by atoms with Crippen molar-refractivity contribution in [1.82, 2.24) is 4.90 Å². The van der Waals surface area contributed by atoms with E-state index in [2.05, 4.69) is 0 Å². The van der Waals surface area contributed by atoms with Crippen LogP contribution in [0.2, 0.25) is 0 Å². The second-order valence-corrected chi connectivity index (χ2v) is 6.59. The number of hydrogen-bond donors (Lipinski definition) is 0. The molecular weight excluding hydrogens is 341 g/mol. The van der Waals surface area contributed by atoms with Gasteiger partial charge in [0.05, 0.1) is 5.69 Å². The maximum atomic E-state index is 13.8. The number of nitrogens with zero attached hydrogens (tertiary/aromatic N) is 3. The van der Waals surface area contributed by atoms with Crippen molar-refractivity contribution < 1.29 is 9.18 Å². The number of hydrogen-bond acceptors (Lipinski definition) is 3. The van der Waals surface area contributed by atoms with Crippen LogP contribution in [-0.4, -0.2) is 37.0 Å². The van der Waals surface area contributed by atoms with E-state index >= 15 is 0 Å². The van der Waals surface area contributed by atoms with Crippen LogP contribution in [0, 0.1) is 17.1 Å². The zero-order chi connectivity index (χ0) is 18.8. The van der Waals surface area contributed by atoms with Crippen LogP contribution < -0.4 is 4.90 Å². The zero-order valence-electron chi connectivity index (χ0n) is 14.7. The van der Waals surface area contributed by atoms with Crippen molar-refractivity contribution in [2.24, 2.45) is 0 Å². The van der Waals surface area contributed by atoms with Crippen LogP contribution in [0.1, 0.15) is 15.9 Å². The summed E-state index contributed by atoms with van der Waals surface area (Å²) < 4.78 is 13.8. The van der Waals surface area contributed by atoms with Crippen molar-refractivity contribution in [3.05, 3.63) is 77.6 Å². The minimum absolute atomic E-state index is 0.000141. The largest absolute Gasteiger partial charge is 0.367 e. The molecule has 1 saturated heterocycles. The number of benzene rings is 3. The highest BCUT2D eigenvalue weighted by atomic mass is 19.1. The van der Waals surface area contributed by atoms with Gasteiger partial charge in [-0.1, -0.05) is 36.4 Å². The molecule has 1 fully saturated rings. The Hall–Kier alpha value is -3.39. The van der Waals surface area contributed by atoms with E-state index in [-0.39, 0.29) is 11.5 Å². The molecule has 0 aliphatic carbocycles. The third-order valence-corrected chi connectivity index (χ3v) is 5.01. The van der Waals surface area contributed by atoms with Gasteiger partial charge >= 0.3 is 0 Å². The molecule has 0 spiro atoms. The van der Waals surface area contributed by atoms with Gasteiger partial charge in [-0.25, -0.2) is 4.39 Å². The van der Waals surface area contributed by atoms with Crippen LogP contribution in [0.15, 0.2) is 60.7 Å². The predicted molar refractivity (Wildman–Crippen MR) is 103 cm³/mol. The molecule has 1 aliphatic heterocycles. The molecule has 134 valence electrons. The summed E-state index contributed by atoms with van der Waals surface area (Å²) in [6.07, 6.45) is 0. The molecule has 1 amide bonds. The Kier molecular flexibility index (Phi) is 4.47. The molecule has 0 saturated carbocycles. The molecule has 0 aromatic heterocycles. The molecule has 3 aromatic rings. The number of anilines is 1. The average Bonchev–Trinajstić information content (AvgIpc) is 2.73. The van der Waals surface area contributed by atoms with Crippen molar-refractivity contribution in [2.75, 3.05) is 31.1 Å². The highest BCUT2D eigenvalue weighted by Gasteiger charge is 2.24. The van der Waals surface area contributed by atoms with E-state index in [1.807, 2.05) is 58.3 Å². The molecule has 0 radical (unpaired) electrons. The van der Waals surface area contributed by atoms with Crippen molar-refractivity contribution in [3.63, 3.8) is 0 Å². The summed E-state index contributed by atoms with van der Waals surface area (Å²) in [6.45, 7) is 2.20. The average molecular weight is 359 g/mol. The highest BCUT2D eigenvalue weighted by molar-refractivity contribution is 5.98. The Morgan fingerprint density at radius 3 is 2.41 bits per heavy atom. The molecule has 4 rings (SSSR count). The number of amides is 1. The lowest BCUT2D eigenvalue weighted by molar-refractivity contribution is 0.0747. The number of carbonyl (C=O) groups is 1. The monoisotopic (exact) mass is 359 g/mol. The van der Waals surface area contributed by atoms with Gasteiger partial charge in [-0.05, 0) is 35.0 Å². The van der Waals surface area contributed by atoms with Crippen LogP contribution in [0.4, 0.5) is 10.1 Å². The Bertz CT molecular complexity index is 1050. The topological polar surface area (TPSA) is 47.3 Å². The maximum Gasteiger partial charge on any atom is 0.253 e. The van der Waals surface area contributed by atoms with Crippen molar-refractivity contribution in [3.8, 4) is 6.07 Å². The standard InChI is InChI=1S/C22H18FN3O/c23-20-6-3-7-21(19(20)15-24)25-10-12-26(13-11-25)22(27)18-9-8-16-4-1-2-5-17(16)14-18/h1-9,14H,10-13H2. The Labute approximate surface area is 157 Å². The van der Waals surface area contributed by atoms with E-state index in [0.29, 0.717) is 37.4 Å². The van der Waals surface area contributed by atoms with Gasteiger partial charge in [-0.3, -0.25) is 4.79 Å². The second-order valence-electron chi connectivity index (χ2n) is 6.59. The number of fused-ring (bicyclic) bond motifs is 1. The van der Waals surface area contributed by atoms with E-state index in [0.717, 1.165) is 10.8 Å². The Balaban J connectivity index is 1.49. The highest BCUT2D eigenvalue weighted by Crippen LogP contribution is 2.24. The predicted octanol–water partition coefficient (Wildman–Crippen LogP) is 3.81. The van der Waals surface area contributed by atoms with Gasteiger partial charge in [0.2, 0.25) is 0 Å². The number of piperazine rings is 1. The van der Waals surface area contributed by atoms with Crippen molar-refractivity contribution in [2.45, 2.75) is 0 Å². The van der Waals surface area contributed by atoms with Crippen LogP contribution in [0.3, 0.4) is 0 Å². The van der Waals surface area contributed by atoms with Crippen LogP contribution in [0.5, 0.6) is 0 Å². The zero-order valence-corrected chi connectivity index (χ0v) is 14.7. The van der Waals surface area contributed by atoms with Crippen LogP contribution in [0.25, 0.3) is 10.8 Å².